The zero-order valence-electron chi connectivity index (χ0n) is 32.2. The number of ether oxygens (including phenoxy) is 2. The molecule has 4 aliphatic rings. The van der Waals surface area contributed by atoms with E-state index in [1.165, 1.54) is 96.3 Å². The second-order valence-corrected chi connectivity index (χ2v) is 17.9. The molecule has 0 aliphatic heterocycles. The van der Waals surface area contributed by atoms with E-state index in [0.717, 1.165) is 72.0 Å². The van der Waals surface area contributed by atoms with Crippen LogP contribution in [0.4, 0.5) is 0 Å². The number of rotatable bonds is 16. The Balaban J connectivity index is 0.868. The van der Waals surface area contributed by atoms with Gasteiger partial charge in [0, 0.05) is 6.61 Å². The van der Waals surface area contributed by atoms with Gasteiger partial charge >= 0.3 is 0 Å². The van der Waals surface area contributed by atoms with Crippen molar-refractivity contribution in [3.8, 4) is 22.9 Å². The van der Waals surface area contributed by atoms with Crippen molar-refractivity contribution in [2.75, 3.05) is 13.2 Å². The van der Waals surface area contributed by atoms with Crippen LogP contribution in [0.3, 0.4) is 0 Å². The van der Waals surface area contributed by atoms with Crippen molar-refractivity contribution in [2.24, 2.45) is 46.3 Å². The molecule has 0 heterocycles. The standard InChI is InChI=1S/C47H67NO2/c1-34(2)12-11-13-35(3)43-24-25-44-42-23-20-39-32-41(26-28-46(39,4)45(42)27-29-47(43,44)5)50-31-10-8-6-7-9-30-49-40-21-18-38(19-22-40)37-16-14-36(33-48)15-17-37/h14-22,34-35,41-45H,6-13,23-32H2,1-5H3/t35-,41+,42+,43-,44+,45+,46+,47-/m1/s1. The molecule has 0 radical (unpaired) electrons. The summed E-state index contributed by atoms with van der Waals surface area (Å²) < 4.78 is 12.6. The third kappa shape index (κ3) is 8.38. The van der Waals surface area contributed by atoms with E-state index in [-0.39, 0.29) is 0 Å². The number of nitriles is 1. The van der Waals surface area contributed by atoms with E-state index in [9.17, 15) is 0 Å². The Morgan fingerprint density at radius 2 is 1.46 bits per heavy atom. The minimum atomic E-state index is 0.417. The molecule has 3 saturated carbocycles. The number of hydrogen-bond donors (Lipinski definition) is 0. The molecule has 0 unspecified atom stereocenters. The van der Waals surface area contributed by atoms with Crippen molar-refractivity contribution in [2.45, 2.75) is 143 Å². The second kappa shape index (κ2) is 16.8. The number of allylic oxidation sites excluding steroid dienone is 1. The Bertz CT molecular complexity index is 1440. The van der Waals surface area contributed by atoms with E-state index in [0.29, 0.717) is 22.5 Å². The van der Waals surface area contributed by atoms with Crippen molar-refractivity contribution in [3.05, 3.63) is 65.7 Å². The fourth-order valence-electron chi connectivity index (χ4n) is 11.4. The highest BCUT2D eigenvalue weighted by atomic mass is 16.5. The summed E-state index contributed by atoms with van der Waals surface area (Å²) in [6.07, 6.45) is 24.4. The van der Waals surface area contributed by atoms with Crippen molar-refractivity contribution in [1.82, 2.24) is 0 Å². The maximum Gasteiger partial charge on any atom is 0.119 e. The summed E-state index contributed by atoms with van der Waals surface area (Å²) in [5.41, 5.74) is 5.71. The first kappa shape index (κ1) is 37.2. The molecule has 2 aromatic carbocycles. The SMILES string of the molecule is CC(C)CCC[C@@H](C)[C@H]1CC[C@H]2[C@@H]3CC=C4C[C@@H](OCCCCCCCOc5ccc(-c6ccc(C#N)cc6)cc5)CC[C@]4(C)[C@H]3CC[C@]12C. The molecule has 50 heavy (non-hydrogen) atoms. The molecule has 3 heteroatoms. The van der Waals surface area contributed by atoms with E-state index in [1.807, 2.05) is 36.4 Å². The molecule has 0 N–H and O–H groups in total. The third-order valence-corrected chi connectivity index (χ3v) is 14.4. The van der Waals surface area contributed by atoms with E-state index >= 15 is 0 Å². The first-order valence-corrected chi connectivity index (χ1v) is 20.8. The van der Waals surface area contributed by atoms with E-state index in [1.54, 1.807) is 5.57 Å². The highest BCUT2D eigenvalue weighted by Crippen LogP contribution is 2.67. The van der Waals surface area contributed by atoms with Gasteiger partial charge in [-0.2, -0.15) is 5.26 Å². The van der Waals surface area contributed by atoms with Gasteiger partial charge in [-0.25, -0.2) is 0 Å². The Labute approximate surface area is 305 Å². The molecule has 0 saturated heterocycles. The van der Waals surface area contributed by atoms with Gasteiger partial charge in [-0.05, 0) is 146 Å². The van der Waals surface area contributed by atoms with Crippen molar-refractivity contribution in [3.63, 3.8) is 0 Å². The average molecular weight is 678 g/mol. The largest absolute Gasteiger partial charge is 0.494 e. The summed E-state index contributed by atoms with van der Waals surface area (Å²) in [4.78, 5) is 0. The van der Waals surface area contributed by atoms with Crippen LogP contribution < -0.4 is 4.74 Å². The van der Waals surface area contributed by atoms with Crippen LogP contribution >= 0.6 is 0 Å². The number of fused-ring (bicyclic) bond motifs is 5. The number of unbranched alkanes of at least 4 members (excludes halogenated alkanes) is 4. The van der Waals surface area contributed by atoms with Gasteiger partial charge in [-0.3, -0.25) is 0 Å². The summed E-state index contributed by atoms with van der Waals surface area (Å²) in [5, 5.41) is 9.01. The molecule has 0 bridgehead atoms. The molecule has 0 spiro atoms. The normalized spacial score (nSPS) is 30.9. The van der Waals surface area contributed by atoms with Crippen molar-refractivity contribution >= 4 is 0 Å². The summed E-state index contributed by atoms with van der Waals surface area (Å²) in [6, 6.07) is 18.2. The Hall–Kier alpha value is -2.57. The summed E-state index contributed by atoms with van der Waals surface area (Å²) in [6.45, 7) is 14.4. The Kier molecular flexibility index (Phi) is 12.5. The first-order valence-electron chi connectivity index (χ1n) is 20.8. The van der Waals surface area contributed by atoms with Gasteiger partial charge in [-0.1, -0.05) is 109 Å². The van der Waals surface area contributed by atoms with E-state index in [2.05, 4.69) is 58.9 Å². The molecule has 4 aliphatic carbocycles. The zero-order chi connectivity index (χ0) is 35.1. The molecule has 2 aromatic rings. The number of hydrogen-bond acceptors (Lipinski definition) is 3. The van der Waals surface area contributed by atoms with Gasteiger partial charge in [0.1, 0.15) is 5.75 Å². The van der Waals surface area contributed by atoms with E-state index < -0.39 is 0 Å². The van der Waals surface area contributed by atoms with Crippen LogP contribution in [0.1, 0.15) is 143 Å². The predicted molar refractivity (Wildman–Crippen MR) is 208 cm³/mol. The Morgan fingerprint density at radius 3 is 2.18 bits per heavy atom. The predicted octanol–water partition coefficient (Wildman–Crippen LogP) is 13.0. The summed E-state index contributed by atoms with van der Waals surface area (Å²) in [7, 11) is 0. The van der Waals surface area contributed by atoms with Crippen LogP contribution in [0.15, 0.2) is 60.2 Å². The van der Waals surface area contributed by atoms with Crippen LogP contribution in [-0.2, 0) is 4.74 Å². The first-order chi connectivity index (χ1) is 24.2. The van der Waals surface area contributed by atoms with Gasteiger partial charge in [0.2, 0.25) is 0 Å². The van der Waals surface area contributed by atoms with Crippen LogP contribution in [-0.4, -0.2) is 19.3 Å². The van der Waals surface area contributed by atoms with Gasteiger partial charge in [-0.15, -0.1) is 0 Å². The molecule has 3 fully saturated rings. The minimum absolute atomic E-state index is 0.417. The fourth-order valence-corrected chi connectivity index (χ4v) is 11.4. The third-order valence-electron chi connectivity index (χ3n) is 14.4. The van der Waals surface area contributed by atoms with Crippen LogP contribution in [0, 0.1) is 57.7 Å². The van der Waals surface area contributed by atoms with Gasteiger partial charge in [0.15, 0.2) is 0 Å². The maximum atomic E-state index is 9.01. The molecular weight excluding hydrogens is 611 g/mol. The second-order valence-electron chi connectivity index (χ2n) is 17.9. The molecule has 3 nitrogen and oxygen atoms in total. The van der Waals surface area contributed by atoms with Crippen molar-refractivity contribution < 1.29 is 9.47 Å². The molecule has 0 amide bonds. The zero-order valence-corrected chi connectivity index (χ0v) is 32.2. The lowest BCUT2D eigenvalue weighted by atomic mass is 9.47. The highest BCUT2D eigenvalue weighted by molar-refractivity contribution is 5.64. The van der Waals surface area contributed by atoms with Crippen LogP contribution in [0.5, 0.6) is 5.75 Å². The van der Waals surface area contributed by atoms with Crippen LogP contribution in [0.25, 0.3) is 11.1 Å². The molecule has 8 atom stereocenters. The Morgan fingerprint density at radius 1 is 0.760 bits per heavy atom. The monoisotopic (exact) mass is 678 g/mol. The lowest BCUT2D eigenvalue weighted by molar-refractivity contribution is -0.0641. The summed E-state index contributed by atoms with van der Waals surface area (Å²) in [5.74, 6) is 6.37. The lowest BCUT2D eigenvalue weighted by Crippen LogP contribution is -2.51. The average Bonchev–Trinajstić information content (AvgIpc) is 3.48. The fraction of sp³-hybridized carbons (Fsp3) is 0.681. The molecular formula is C47H67NO2. The van der Waals surface area contributed by atoms with Gasteiger partial charge in [0.05, 0.1) is 24.3 Å². The number of nitrogens with zero attached hydrogens (tertiary/aromatic N) is 1. The smallest absolute Gasteiger partial charge is 0.119 e. The molecule has 272 valence electrons. The molecule has 6 rings (SSSR count). The van der Waals surface area contributed by atoms with Gasteiger partial charge < -0.3 is 9.47 Å². The van der Waals surface area contributed by atoms with Crippen molar-refractivity contribution in [1.29, 1.82) is 5.26 Å². The topological polar surface area (TPSA) is 42.2 Å². The van der Waals surface area contributed by atoms with Gasteiger partial charge in [0.25, 0.3) is 0 Å². The lowest BCUT2D eigenvalue weighted by Gasteiger charge is -2.58. The van der Waals surface area contributed by atoms with Crippen LogP contribution in [0.2, 0.25) is 0 Å². The highest BCUT2D eigenvalue weighted by Gasteiger charge is 2.59. The quantitative estimate of drug-likeness (QED) is 0.131. The number of benzene rings is 2. The minimum Gasteiger partial charge on any atom is -0.494 e. The van der Waals surface area contributed by atoms with E-state index in [4.69, 9.17) is 14.7 Å². The maximum absolute atomic E-state index is 9.01. The summed E-state index contributed by atoms with van der Waals surface area (Å²) >= 11 is 0. The molecule has 0 aromatic heterocycles.